The van der Waals surface area contributed by atoms with Crippen LogP contribution in [0, 0.1) is 0 Å². The first-order valence-corrected chi connectivity index (χ1v) is 6.50. The van der Waals surface area contributed by atoms with Crippen LogP contribution in [-0.2, 0) is 10.2 Å². The number of hydrogen-bond acceptors (Lipinski definition) is 4. The fraction of sp³-hybridized carbons (Fsp3) is 0.600. The zero-order valence-corrected chi connectivity index (χ0v) is 12.4. The molecule has 1 N–H and O–H groups in total. The van der Waals surface area contributed by atoms with Gasteiger partial charge in [-0.05, 0) is 39.1 Å². The number of rotatable bonds is 5. The van der Waals surface area contributed by atoms with E-state index in [9.17, 15) is 0 Å². The Kier molecular flexibility index (Phi) is 3.74. The van der Waals surface area contributed by atoms with Crippen molar-refractivity contribution in [3.05, 3.63) is 23.8 Å². The van der Waals surface area contributed by atoms with Gasteiger partial charge in [-0.25, -0.2) is 0 Å². The Morgan fingerprint density at radius 2 is 1.89 bits per heavy atom. The second-order valence-electron chi connectivity index (χ2n) is 5.52. The lowest BCUT2D eigenvalue weighted by atomic mass is 9.65. The lowest BCUT2D eigenvalue weighted by molar-refractivity contribution is -0.0999. The summed E-state index contributed by atoms with van der Waals surface area (Å²) in [6, 6.07) is 5.93. The molecule has 0 amide bonds. The fourth-order valence-corrected chi connectivity index (χ4v) is 2.59. The fourth-order valence-electron chi connectivity index (χ4n) is 2.59. The van der Waals surface area contributed by atoms with Crippen LogP contribution in [0.4, 0.5) is 0 Å². The Labute approximate surface area is 115 Å². The number of nitrogens with one attached hydrogen (secondary N) is 1. The molecule has 1 saturated heterocycles. The van der Waals surface area contributed by atoms with E-state index in [-0.39, 0.29) is 11.0 Å². The van der Waals surface area contributed by atoms with Crippen molar-refractivity contribution in [3.8, 4) is 11.5 Å². The number of methoxy groups -OCH3 is 2. The highest BCUT2D eigenvalue weighted by atomic mass is 16.5. The van der Waals surface area contributed by atoms with Gasteiger partial charge in [0.05, 0.1) is 32.8 Å². The monoisotopic (exact) mass is 265 g/mol. The van der Waals surface area contributed by atoms with Gasteiger partial charge in [0.1, 0.15) is 11.5 Å². The summed E-state index contributed by atoms with van der Waals surface area (Å²) in [5, 5.41) is 3.39. The van der Waals surface area contributed by atoms with Crippen molar-refractivity contribution >= 4 is 0 Å². The van der Waals surface area contributed by atoms with Crippen LogP contribution in [0.5, 0.6) is 11.5 Å². The van der Waals surface area contributed by atoms with Gasteiger partial charge in [-0.1, -0.05) is 0 Å². The molecule has 19 heavy (non-hydrogen) atoms. The summed E-state index contributed by atoms with van der Waals surface area (Å²) in [7, 11) is 5.36. The summed E-state index contributed by atoms with van der Waals surface area (Å²) in [5.74, 6) is 1.72. The molecule has 0 unspecified atom stereocenters. The van der Waals surface area contributed by atoms with Crippen LogP contribution >= 0.6 is 0 Å². The molecule has 0 aliphatic carbocycles. The minimum atomic E-state index is -0.0956. The van der Waals surface area contributed by atoms with E-state index in [1.165, 1.54) is 0 Å². The molecule has 1 heterocycles. The second kappa shape index (κ2) is 5.02. The van der Waals surface area contributed by atoms with E-state index in [0.717, 1.165) is 17.1 Å². The highest BCUT2D eigenvalue weighted by molar-refractivity contribution is 5.48. The molecule has 1 aromatic rings. The van der Waals surface area contributed by atoms with E-state index in [2.05, 4.69) is 25.2 Å². The number of benzene rings is 1. The molecule has 1 aliphatic heterocycles. The summed E-state index contributed by atoms with van der Waals surface area (Å²) in [6.45, 7) is 5.75. The third-order valence-corrected chi connectivity index (χ3v) is 4.44. The van der Waals surface area contributed by atoms with Gasteiger partial charge in [0, 0.05) is 11.1 Å². The summed E-state index contributed by atoms with van der Waals surface area (Å²) >= 11 is 0. The molecular weight excluding hydrogens is 242 g/mol. The van der Waals surface area contributed by atoms with E-state index in [4.69, 9.17) is 14.2 Å². The van der Waals surface area contributed by atoms with Gasteiger partial charge < -0.3 is 19.5 Å². The molecule has 1 fully saturated rings. The number of likely N-dealkylation sites (N-methyl/N-ethyl adjacent to an activating group) is 1. The molecule has 1 aromatic carbocycles. The molecular formula is C15H23NO3. The van der Waals surface area contributed by atoms with Gasteiger partial charge in [-0.15, -0.1) is 0 Å². The Morgan fingerprint density at radius 3 is 2.32 bits per heavy atom. The first kappa shape index (κ1) is 14.2. The molecule has 0 spiro atoms. The lowest BCUT2D eigenvalue weighted by Gasteiger charge is -2.53. The molecule has 0 bridgehead atoms. The van der Waals surface area contributed by atoms with Crippen molar-refractivity contribution in [1.29, 1.82) is 0 Å². The molecule has 4 heteroatoms. The van der Waals surface area contributed by atoms with Crippen molar-refractivity contribution in [2.75, 3.05) is 34.5 Å². The third kappa shape index (κ3) is 2.09. The zero-order valence-electron chi connectivity index (χ0n) is 12.4. The van der Waals surface area contributed by atoms with Crippen LogP contribution < -0.4 is 14.8 Å². The zero-order chi connectivity index (χ0) is 14.1. The van der Waals surface area contributed by atoms with Crippen molar-refractivity contribution in [3.63, 3.8) is 0 Å². The maximum absolute atomic E-state index is 5.53. The summed E-state index contributed by atoms with van der Waals surface area (Å²) in [4.78, 5) is 0. The van der Waals surface area contributed by atoms with Gasteiger partial charge in [0.2, 0.25) is 0 Å². The maximum atomic E-state index is 5.53. The van der Waals surface area contributed by atoms with Crippen LogP contribution in [0.1, 0.15) is 19.4 Å². The smallest absolute Gasteiger partial charge is 0.123 e. The molecule has 1 aliphatic rings. The minimum absolute atomic E-state index is 0.0924. The number of ether oxygens (including phenoxy) is 3. The normalized spacial score (nSPS) is 17.7. The van der Waals surface area contributed by atoms with E-state index in [0.29, 0.717) is 13.2 Å². The molecule has 0 saturated carbocycles. The largest absolute Gasteiger partial charge is 0.497 e. The molecule has 0 radical (unpaired) electrons. The molecule has 0 atom stereocenters. The SMILES string of the molecule is CNC(C)(C)C1(c2cc(OC)ccc2OC)COC1. The van der Waals surface area contributed by atoms with Crippen LogP contribution in [-0.4, -0.2) is 40.0 Å². The van der Waals surface area contributed by atoms with Crippen molar-refractivity contribution in [2.45, 2.75) is 24.8 Å². The van der Waals surface area contributed by atoms with Gasteiger partial charge in [0.25, 0.3) is 0 Å². The predicted molar refractivity (Wildman–Crippen MR) is 75.2 cm³/mol. The highest BCUT2D eigenvalue weighted by Crippen LogP contribution is 2.46. The summed E-state index contributed by atoms with van der Waals surface area (Å²) < 4.78 is 16.4. The van der Waals surface area contributed by atoms with Crippen LogP contribution in [0.15, 0.2) is 18.2 Å². The van der Waals surface area contributed by atoms with Gasteiger partial charge in [-0.2, -0.15) is 0 Å². The first-order valence-electron chi connectivity index (χ1n) is 6.50. The topological polar surface area (TPSA) is 39.7 Å². The van der Waals surface area contributed by atoms with Crippen molar-refractivity contribution in [1.82, 2.24) is 5.32 Å². The van der Waals surface area contributed by atoms with Crippen molar-refractivity contribution < 1.29 is 14.2 Å². The Balaban J connectivity index is 2.54. The predicted octanol–water partition coefficient (Wildman–Crippen LogP) is 1.97. The number of hydrogen-bond donors (Lipinski definition) is 1. The van der Waals surface area contributed by atoms with Crippen LogP contribution in [0.2, 0.25) is 0 Å². The van der Waals surface area contributed by atoms with Gasteiger partial charge in [-0.3, -0.25) is 0 Å². The van der Waals surface area contributed by atoms with Crippen molar-refractivity contribution in [2.24, 2.45) is 0 Å². The van der Waals surface area contributed by atoms with Crippen LogP contribution in [0.25, 0.3) is 0 Å². The molecule has 0 aromatic heterocycles. The first-order chi connectivity index (χ1) is 9.00. The second-order valence-corrected chi connectivity index (χ2v) is 5.52. The van der Waals surface area contributed by atoms with E-state index in [1.54, 1.807) is 14.2 Å². The highest BCUT2D eigenvalue weighted by Gasteiger charge is 2.53. The quantitative estimate of drug-likeness (QED) is 0.883. The molecule has 2 rings (SSSR count). The third-order valence-electron chi connectivity index (χ3n) is 4.44. The van der Waals surface area contributed by atoms with Crippen LogP contribution in [0.3, 0.4) is 0 Å². The summed E-state index contributed by atoms with van der Waals surface area (Å²) in [6.07, 6.45) is 0. The molecule has 4 nitrogen and oxygen atoms in total. The van der Waals surface area contributed by atoms with E-state index >= 15 is 0 Å². The Bertz CT molecular complexity index is 453. The van der Waals surface area contributed by atoms with E-state index < -0.39 is 0 Å². The standard InChI is InChI=1S/C15H23NO3/c1-14(2,16-3)15(9-19-10-15)12-8-11(17-4)6-7-13(12)18-5/h6-8,16H,9-10H2,1-5H3. The lowest BCUT2D eigenvalue weighted by Crippen LogP contribution is -2.65. The maximum Gasteiger partial charge on any atom is 0.123 e. The minimum Gasteiger partial charge on any atom is -0.497 e. The summed E-state index contributed by atoms with van der Waals surface area (Å²) in [5.41, 5.74) is 0.951. The Morgan fingerprint density at radius 1 is 1.21 bits per heavy atom. The Hall–Kier alpha value is -1.26. The average molecular weight is 265 g/mol. The molecule has 106 valence electrons. The average Bonchev–Trinajstić information content (AvgIpc) is 2.37. The van der Waals surface area contributed by atoms with E-state index in [1.807, 2.05) is 19.2 Å². The van der Waals surface area contributed by atoms with Gasteiger partial charge >= 0.3 is 0 Å². The van der Waals surface area contributed by atoms with Gasteiger partial charge in [0.15, 0.2) is 0 Å².